The summed E-state index contributed by atoms with van der Waals surface area (Å²) in [5.74, 6) is 0.511. The van der Waals surface area contributed by atoms with Gasteiger partial charge in [-0.3, -0.25) is 4.21 Å². The van der Waals surface area contributed by atoms with Crippen LogP contribution in [0.5, 0.6) is 0 Å². The molecule has 2 nitrogen and oxygen atoms in total. The summed E-state index contributed by atoms with van der Waals surface area (Å²) < 4.78 is 12.5. The highest BCUT2D eigenvalue weighted by Gasteiger charge is 2.19. The van der Waals surface area contributed by atoms with E-state index in [9.17, 15) is 4.21 Å². The van der Waals surface area contributed by atoms with Gasteiger partial charge in [-0.05, 0) is 38.5 Å². The number of hydrogen-bond donors (Lipinski definition) is 0. The second kappa shape index (κ2) is 6.56. The van der Waals surface area contributed by atoms with Crippen LogP contribution in [0.25, 0.3) is 0 Å². The lowest BCUT2D eigenvalue weighted by molar-refractivity contribution is 0.675. The van der Waals surface area contributed by atoms with Gasteiger partial charge in [0.25, 0.3) is 0 Å². The van der Waals surface area contributed by atoms with Gasteiger partial charge in [-0.15, -0.1) is 11.3 Å². The fourth-order valence-electron chi connectivity index (χ4n) is 1.93. The molecule has 0 aliphatic rings. The average molecular weight is 348 g/mol. The highest BCUT2D eigenvalue weighted by molar-refractivity contribution is 7.84. The Kier molecular flexibility index (Phi) is 5.24. The molecular weight excluding hydrogens is 333 g/mol. The van der Waals surface area contributed by atoms with Crippen molar-refractivity contribution in [1.82, 2.24) is 4.98 Å². The normalized spacial score (nSPS) is 14.2. The third kappa shape index (κ3) is 3.61. The van der Waals surface area contributed by atoms with Crippen molar-refractivity contribution in [3.63, 3.8) is 0 Å². The number of aryl methyl sites for hydroxylation is 2. The molecule has 0 spiro atoms. The quantitative estimate of drug-likeness (QED) is 0.771. The fourth-order valence-corrected chi connectivity index (χ4v) is 5.09. The molecule has 0 N–H and O–H groups in total. The topological polar surface area (TPSA) is 30.0 Å². The predicted octanol–water partition coefficient (Wildman–Crippen LogP) is 5.08. The van der Waals surface area contributed by atoms with Crippen LogP contribution in [0.3, 0.4) is 0 Å². The van der Waals surface area contributed by atoms with E-state index in [2.05, 4.69) is 4.98 Å². The molecule has 2 rings (SSSR count). The smallest absolute Gasteiger partial charge is 0.0900 e. The zero-order valence-corrected chi connectivity index (χ0v) is 14.6. The van der Waals surface area contributed by atoms with E-state index in [1.54, 1.807) is 23.5 Å². The molecule has 0 amide bonds. The second-order valence-corrected chi connectivity index (χ2v) is 8.46. The molecule has 20 heavy (non-hydrogen) atoms. The maximum atomic E-state index is 12.5. The van der Waals surface area contributed by atoms with Crippen molar-refractivity contribution in [2.24, 2.45) is 0 Å². The van der Waals surface area contributed by atoms with Crippen LogP contribution in [0.1, 0.15) is 33.3 Å². The maximum absolute atomic E-state index is 12.5. The van der Waals surface area contributed by atoms with E-state index in [0.717, 1.165) is 21.1 Å². The molecule has 0 aliphatic heterocycles. The summed E-state index contributed by atoms with van der Waals surface area (Å²) in [5, 5.41) is 2.02. The molecule has 1 heterocycles. The van der Waals surface area contributed by atoms with Gasteiger partial charge in [0.15, 0.2) is 0 Å². The number of hydrogen-bond acceptors (Lipinski definition) is 3. The molecule has 0 saturated carbocycles. The lowest BCUT2D eigenvalue weighted by Crippen LogP contribution is -2.06. The molecule has 1 aromatic heterocycles. The van der Waals surface area contributed by atoms with E-state index < -0.39 is 10.8 Å². The van der Waals surface area contributed by atoms with Gasteiger partial charge >= 0.3 is 0 Å². The molecule has 108 valence electrons. The van der Waals surface area contributed by atoms with Crippen LogP contribution < -0.4 is 0 Å². The van der Waals surface area contributed by atoms with Crippen molar-refractivity contribution < 1.29 is 4.21 Å². The first kappa shape index (κ1) is 16.0. The zero-order valence-electron chi connectivity index (χ0n) is 11.4. The fraction of sp³-hybridized carbons (Fsp3) is 0.357. The number of aromatic nitrogens is 1. The van der Waals surface area contributed by atoms with Crippen LogP contribution in [0.2, 0.25) is 10.0 Å². The summed E-state index contributed by atoms with van der Waals surface area (Å²) >= 11 is 13.7. The van der Waals surface area contributed by atoms with Crippen LogP contribution in [0.4, 0.5) is 0 Å². The van der Waals surface area contributed by atoms with E-state index in [-0.39, 0.29) is 5.25 Å². The number of nitrogens with zero attached hydrogens (tertiary/aromatic N) is 1. The van der Waals surface area contributed by atoms with Gasteiger partial charge < -0.3 is 0 Å². The molecular formula is C14H15Cl2NOS2. The maximum Gasteiger partial charge on any atom is 0.0900 e. The van der Waals surface area contributed by atoms with Crippen molar-refractivity contribution in [2.45, 2.75) is 31.8 Å². The molecule has 0 aliphatic carbocycles. The zero-order chi connectivity index (χ0) is 14.9. The highest BCUT2D eigenvalue weighted by Crippen LogP contribution is 2.31. The molecule has 2 aromatic rings. The van der Waals surface area contributed by atoms with Crippen LogP contribution in [-0.2, 0) is 16.6 Å². The summed E-state index contributed by atoms with van der Waals surface area (Å²) in [6.45, 7) is 5.84. The summed E-state index contributed by atoms with van der Waals surface area (Å²) in [4.78, 5) is 5.45. The molecule has 6 heteroatoms. The van der Waals surface area contributed by atoms with E-state index in [4.69, 9.17) is 23.2 Å². The molecule has 0 fully saturated rings. The molecule has 2 atom stereocenters. The van der Waals surface area contributed by atoms with Gasteiger partial charge in [0.1, 0.15) is 0 Å². The first-order valence-electron chi connectivity index (χ1n) is 6.13. The lowest BCUT2D eigenvalue weighted by atomic mass is 10.2. The minimum atomic E-state index is -1.04. The van der Waals surface area contributed by atoms with Gasteiger partial charge in [-0.1, -0.05) is 29.3 Å². The lowest BCUT2D eigenvalue weighted by Gasteiger charge is -2.13. The minimum absolute atomic E-state index is 0.137. The molecule has 0 saturated heterocycles. The summed E-state index contributed by atoms with van der Waals surface area (Å²) in [6.07, 6.45) is 0. The SMILES string of the molecule is Cc1nc(C)c(C[S@@](=O)[C@@H](C)c2ccc(Cl)cc2Cl)s1. The molecule has 1 aromatic carbocycles. The predicted molar refractivity (Wildman–Crippen MR) is 88.3 cm³/mol. The van der Waals surface area contributed by atoms with Crippen LogP contribution in [0.15, 0.2) is 18.2 Å². The number of rotatable bonds is 4. The summed E-state index contributed by atoms with van der Waals surface area (Å²) in [5.41, 5.74) is 1.84. The van der Waals surface area contributed by atoms with Crippen molar-refractivity contribution in [3.05, 3.63) is 49.4 Å². The van der Waals surface area contributed by atoms with Crippen molar-refractivity contribution >= 4 is 45.3 Å². The van der Waals surface area contributed by atoms with Crippen LogP contribution >= 0.6 is 34.5 Å². The Bertz CT molecular complexity index is 655. The second-order valence-electron chi connectivity index (χ2n) is 4.57. The van der Waals surface area contributed by atoms with Crippen LogP contribution in [-0.4, -0.2) is 9.19 Å². The third-order valence-electron chi connectivity index (χ3n) is 3.07. The number of benzene rings is 1. The standard InChI is InChI=1S/C14H15Cl2NOS2/c1-8-14(19-10(3)17-8)7-20(18)9(2)12-5-4-11(15)6-13(12)16/h4-6,9H,7H2,1-3H3/t9-,20+/m0/s1. The van der Waals surface area contributed by atoms with Gasteiger partial charge in [-0.2, -0.15) is 0 Å². The largest absolute Gasteiger partial charge is 0.259 e. The number of thiazole rings is 1. The van der Waals surface area contributed by atoms with Crippen molar-refractivity contribution in [2.75, 3.05) is 0 Å². The Morgan fingerprint density at radius 3 is 2.60 bits per heavy atom. The highest BCUT2D eigenvalue weighted by atomic mass is 35.5. The first-order valence-corrected chi connectivity index (χ1v) is 9.09. The van der Waals surface area contributed by atoms with Gasteiger partial charge in [0.2, 0.25) is 0 Å². The van der Waals surface area contributed by atoms with Crippen molar-refractivity contribution in [3.8, 4) is 0 Å². The first-order chi connectivity index (χ1) is 9.38. The average Bonchev–Trinajstić information content (AvgIpc) is 2.67. The van der Waals surface area contributed by atoms with Gasteiger partial charge in [0.05, 0.1) is 21.7 Å². The number of halogens is 2. The van der Waals surface area contributed by atoms with E-state index in [1.807, 2.05) is 26.8 Å². The Labute approximate surface area is 135 Å². The molecule has 0 bridgehead atoms. The molecule has 0 radical (unpaired) electrons. The van der Waals surface area contributed by atoms with Gasteiger partial charge in [0, 0.05) is 25.7 Å². The summed E-state index contributed by atoms with van der Waals surface area (Å²) in [7, 11) is -1.04. The minimum Gasteiger partial charge on any atom is -0.259 e. The Hall–Kier alpha value is -0.420. The van der Waals surface area contributed by atoms with Crippen LogP contribution in [0, 0.1) is 13.8 Å². The Morgan fingerprint density at radius 2 is 2.05 bits per heavy atom. The third-order valence-corrected chi connectivity index (χ3v) is 6.50. The van der Waals surface area contributed by atoms with E-state index >= 15 is 0 Å². The Balaban J connectivity index is 2.18. The monoisotopic (exact) mass is 347 g/mol. The van der Waals surface area contributed by atoms with Crippen molar-refractivity contribution in [1.29, 1.82) is 0 Å². The molecule has 0 unspecified atom stereocenters. The summed E-state index contributed by atoms with van der Waals surface area (Å²) in [6, 6.07) is 5.31. The van der Waals surface area contributed by atoms with E-state index in [1.165, 1.54) is 0 Å². The van der Waals surface area contributed by atoms with Gasteiger partial charge in [-0.25, -0.2) is 4.98 Å². The van der Waals surface area contributed by atoms with E-state index in [0.29, 0.717) is 15.8 Å². The Morgan fingerprint density at radius 1 is 1.35 bits per heavy atom.